The maximum Gasteiger partial charge on any atom is 0.129 e. The van der Waals surface area contributed by atoms with Crippen LogP contribution in [0.5, 0.6) is 0 Å². The molecule has 1 nitrogen and oxygen atoms in total. The van der Waals surface area contributed by atoms with E-state index in [0.717, 1.165) is 6.42 Å². The Labute approximate surface area is 101 Å². The molecule has 88 valence electrons. The lowest BCUT2D eigenvalue weighted by Crippen LogP contribution is -2.16. The molecule has 0 spiro atoms. The van der Waals surface area contributed by atoms with Crippen LogP contribution in [0.15, 0.2) is 18.2 Å². The van der Waals surface area contributed by atoms with Crippen LogP contribution in [-0.2, 0) is 0 Å². The van der Waals surface area contributed by atoms with Crippen molar-refractivity contribution in [3.05, 3.63) is 34.6 Å². The van der Waals surface area contributed by atoms with E-state index < -0.39 is 0 Å². The van der Waals surface area contributed by atoms with Gasteiger partial charge in [0.2, 0.25) is 0 Å². The maximum atomic E-state index is 13.6. The minimum Gasteiger partial charge on any atom is -0.324 e. The third-order valence-corrected chi connectivity index (χ3v) is 3.76. The Bertz CT molecular complexity index is 341. The van der Waals surface area contributed by atoms with Gasteiger partial charge in [0.25, 0.3) is 0 Å². The van der Waals surface area contributed by atoms with E-state index in [4.69, 9.17) is 17.3 Å². The SMILES string of the molecule is NC(CC1CCCC1)c1c(F)cccc1Cl. The summed E-state index contributed by atoms with van der Waals surface area (Å²) in [5.74, 6) is 0.365. The van der Waals surface area contributed by atoms with Crippen LogP contribution in [0, 0.1) is 11.7 Å². The molecule has 0 amide bonds. The molecule has 0 heterocycles. The van der Waals surface area contributed by atoms with Gasteiger partial charge in [-0.15, -0.1) is 0 Å². The number of hydrogen-bond donors (Lipinski definition) is 1. The van der Waals surface area contributed by atoms with Gasteiger partial charge in [0.05, 0.1) is 0 Å². The van der Waals surface area contributed by atoms with Crippen LogP contribution in [0.2, 0.25) is 5.02 Å². The van der Waals surface area contributed by atoms with Crippen molar-refractivity contribution in [3.8, 4) is 0 Å². The van der Waals surface area contributed by atoms with Crippen molar-refractivity contribution in [2.45, 2.75) is 38.1 Å². The molecule has 1 aromatic rings. The molecule has 1 aliphatic rings. The first-order chi connectivity index (χ1) is 7.68. The van der Waals surface area contributed by atoms with Crippen LogP contribution in [0.25, 0.3) is 0 Å². The predicted octanol–water partition coefficient (Wildman–Crippen LogP) is 4.06. The summed E-state index contributed by atoms with van der Waals surface area (Å²) in [7, 11) is 0. The average molecular weight is 242 g/mol. The molecular formula is C13H17ClFN. The maximum absolute atomic E-state index is 13.6. The molecular weight excluding hydrogens is 225 g/mol. The molecule has 1 unspecified atom stereocenters. The fraction of sp³-hybridized carbons (Fsp3) is 0.538. The Morgan fingerprint density at radius 1 is 1.38 bits per heavy atom. The zero-order chi connectivity index (χ0) is 11.5. The highest BCUT2D eigenvalue weighted by Gasteiger charge is 2.22. The molecule has 0 saturated heterocycles. The Morgan fingerprint density at radius 2 is 2.06 bits per heavy atom. The average Bonchev–Trinajstić information content (AvgIpc) is 2.70. The van der Waals surface area contributed by atoms with Gasteiger partial charge in [0.15, 0.2) is 0 Å². The molecule has 1 saturated carbocycles. The van der Waals surface area contributed by atoms with Crippen LogP contribution in [0.3, 0.4) is 0 Å². The fourth-order valence-electron chi connectivity index (χ4n) is 2.59. The predicted molar refractivity (Wildman–Crippen MR) is 64.9 cm³/mol. The zero-order valence-corrected chi connectivity index (χ0v) is 10.0. The molecule has 1 fully saturated rings. The molecule has 3 heteroatoms. The minimum atomic E-state index is -0.280. The van der Waals surface area contributed by atoms with Crippen LogP contribution in [0.1, 0.15) is 43.7 Å². The van der Waals surface area contributed by atoms with E-state index in [1.165, 1.54) is 31.7 Å². The lowest BCUT2D eigenvalue weighted by atomic mass is 9.94. The van der Waals surface area contributed by atoms with Crippen molar-refractivity contribution in [2.24, 2.45) is 11.7 Å². The van der Waals surface area contributed by atoms with E-state index in [1.54, 1.807) is 12.1 Å². The molecule has 16 heavy (non-hydrogen) atoms. The summed E-state index contributed by atoms with van der Waals surface area (Å²) in [6, 6.07) is 4.48. The van der Waals surface area contributed by atoms with E-state index in [1.807, 2.05) is 0 Å². The molecule has 1 aromatic carbocycles. The monoisotopic (exact) mass is 241 g/mol. The first-order valence-corrected chi connectivity index (χ1v) is 6.25. The number of halogens is 2. The van der Waals surface area contributed by atoms with Crippen molar-refractivity contribution in [1.29, 1.82) is 0 Å². The summed E-state index contributed by atoms with van der Waals surface area (Å²) in [5, 5.41) is 0.450. The van der Waals surface area contributed by atoms with Crippen molar-refractivity contribution in [1.82, 2.24) is 0 Å². The second-order valence-corrected chi connectivity index (χ2v) is 5.04. The Kier molecular flexibility index (Phi) is 3.82. The van der Waals surface area contributed by atoms with Crippen LogP contribution >= 0.6 is 11.6 Å². The largest absolute Gasteiger partial charge is 0.324 e. The second kappa shape index (κ2) is 5.15. The lowest BCUT2D eigenvalue weighted by molar-refractivity contribution is 0.440. The first kappa shape index (κ1) is 11.9. The minimum absolute atomic E-state index is 0.267. The molecule has 2 rings (SSSR count). The summed E-state index contributed by atoms with van der Waals surface area (Å²) >= 11 is 5.99. The van der Waals surface area contributed by atoms with E-state index >= 15 is 0 Å². The van der Waals surface area contributed by atoms with Crippen molar-refractivity contribution in [3.63, 3.8) is 0 Å². The van der Waals surface area contributed by atoms with E-state index in [2.05, 4.69) is 0 Å². The highest BCUT2D eigenvalue weighted by atomic mass is 35.5. The van der Waals surface area contributed by atoms with Crippen molar-refractivity contribution < 1.29 is 4.39 Å². The molecule has 0 bridgehead atoms. The smallest absolute Gasteiger partial charge is 0.129 e. The molecule has 1 atom stereocenters. The Balaban J connectivity index is 2.10. The van der Waals surface area contributed by atoms with Gasteiger partial charge in [0.1, 0.15) is 5.82 Å². The normalized spacial score (nSPS) is 18.9. The Hall–Kier alpha value is -0.600. The summed E-state index contributed by atoms with van der Waals surface area (Å²) in [6.07, 6.45) is 5.85. The van der Waals surface area contributed by atoms with Crippen molar-refractivity contribution in [2.75, 3.05) is 0 Å². The number of benzene rings is 1. The number of rotatable bonds is 3. The van der Waals surface area contributed by atoms with E-state index in [0.29, 0.717) is 16.5 Å². The molecule has 0 radical (unpaired) electrons. The molecule has 0 aromatic heterocycles. The third-order valence-electron chi connectivity index (χ3n) is 3.43. The van der Waals surface area contributed by atoms with Gasteiger partial charge in [-0.1, -0.05) is 43.4 Å². The quantitative estimate of drug-likeness (QED) is 0.849. The van der Waals surface area contributed by atoms with E-state index in [-0.39, 0.29) is 11.9 Å². The molecule has 0 aliphatic heterocycles. The van der Waals surface area contributed by atoms with Gasteiger partial charge in [-0.25, -0.2) is 4.39 Å². The third kappa shape index (κ3) is 2.55. The summed E-state index contributed by atoms with van der Waals surface area (Å²) in [4.78, 5) is 0. The first-order valence-electron chi connectivity index (χ1n) is 5.88. The van der Waals surface area contributed by atoms with Gasteiger partial charge >= 0.3 is 0 Å². The highest BCUT2D eigenvalue weighted by Crippen LogP contribution is 2.34. The summed E-state index contributed by atoms with van der Waals surface area (Å²) in [6.45, 7) is 0. The molecule has 2 N–H and O–H groups in total. The van der Waals surface area contributed by atoms with Gasteiger partial charge in [-0.3, -0.25) is 0 Å². The van der Waals surface area contributed by atoms with Gasteiger partial charge in [0, 0.05) is 16.6 Å². The number of nitrogens with two attached hydrogens (primary N) is 1. The van der Waals surface area contributed by atoms with Gasteiger partial charge < -0.3 is 5.73 Å². The van der Waals surface area contributed by atoms with Crippen LogP contribution < -0.4 is 5.73 Å². The van der Waals surface area contributed by atoms with Crippen LogP contribution in [-0.4, -0.2) is 0 Å². The van der Waals surface area contributed by atoms with Gasteiger partial charge in [-0.05, 0) is 24.5 Å². The van der Waals surface area contributed by atoms with Crippen LogP contribution in [0.4, 0.5) is 4.39 Å². The second-order valence-electron chi connectivity index (χ2n) is 4.63. The van der Waals surface area contributed by atoms with Gasteiger partial charge in [-0.2, -0.15) is 0 Å². The Morgan fingerprint density at radius 3 is 2.69 bits per heavy atom. The summed E-state index contributed by atoms with van der Waals surface area (Å²) < 4.78 is 13.6. The lowest BCUT2D eigenvalue weighted by Gasteiger charge is -2.18. The fourth-order valence-corrected chi connectivity index (χ4v) is 2.89. The summed E-state index contributed by atoms with van der Waals surface area (Å²) in [5.41, 5.74) is 6.53. The standard InChI is InChI=1S/C13H17ClFN/c14-10-6-3-7-11(15)13(10)12(16)8-9-4-1-2-5-9/h3,6-7,9,12H,1-2,4-5,8,16H2. The number of hydrogen-bond acceptors (Lipinski definition) is 1. The molecule has 1 aliphatic carbocycles. The van der Waals surface area contributed by atoms with E-state index in [9.17, 15) is 4.39 Å². The van der Waals surface area contributed by atoms with Crippen molar-refractivity contribution >= 4 is 11.6 Å². The topological polar surface area (TPSA) is 26.0 Å². The highest BCUT2D eigenvalue weighted by molar-refractivity contribution is 6.31. The zero-order valence-electron chi connectivity index (χ0n) is 9.26.